The van der Waals surface area contributed by atoms with Gasteiger partial charge in [-0.05, 0) is 47.9 Å². The first kappa shape index (κ1) is 23.0. The summed E-state index contributed by atoms with van der Waals surface area (Å²) in [6.07, 6.45) is 0. The van der Waals surface area contributed by atoms with E-state index in [2.05, 4.69) is 25.2 Å². The van der Waals surface area contributed by atoms with Crippen LogP contribution in [0.15, 0.2) is 60.7 Å². The molecule has 0 spiro atoms. The van der Waals surface area contributed by atoms with Gasteiger partial charge in [-0.25, -0.2) is 0 Å². The smallest absolute Gasteiger partial charge is 0.255 e. The Morgan fingerprint density at radius 3 is 2.28 bits per heavy atom. The molecule has 0 aliphatic heterocycles. The fourth-order valence-electron chi connectivity index (χ4n) is 3.37. The van der Waals surface area contributed by atoms with Crippen molar-refractivity contribution in [3.8, 4) is 23.0 Å². The van der Waals surface area contributed by atoms with Crippen molar-refractivity contribution in [3.63, 3.8) is 0 Å². The predicted molar refractivity (Wildman–Crippen MR) is 125 cm³/mol. The van der Waals surface area contributed by atoms with Crippen LogP contribution in [0, 0.1) is 0 Å². The van der Waals surface area contributed by atoms with E-state index >= 15 is 0 Å². The van der Waals surface area contributed by atoms with E-state index < -0.39 is 0 Å². The highest BCUT2D eigenvalue weighted by molar-refractivity contribution is 6.05. The van der Waals surface area contributed by atoms with Gasteiger partial charge in [-0.1, -0.05) is 32.0 Å². The number of nitrogens with one attached hydrogen (secondary N) is 1. The number of carbonyl (C=O) groups is 1. The van der Waals surface area contributed by atoms with Crippen LogP contribution < -0.4 is 24.3 Å². The normalized spacial score (nSPS) is 10.6. The highest BCUT2D eigenvalue weighted by Gasteiger charge is 2.15. The van der Waals surface area contributed by atoms with Crippen LogP contribution in [0.5, 0.6) is 23.0 Å². The van der Waals surface area contributed by atoms with E-state index in [0.717, 1.165) is 16.9 Å². The van der Waals surface area contributed by atoms with Crippen molar-refractivity contribution in [2.24, 2.45) is 0 Å². The minimum absolute atomic E-state index is 0.264. The maximum Gasteiger partial charge on any atom is 0.255 e. The fourth-order valence-corrected chi connectivity index (χ4v) is 3.37. The molecule has 0 heterocycles. The first-order valence-electron chi connectivity index (χ1n) is 10.4. The van der Waals surface area contributed by atoms with Crippen LogP contribution in [-0.2, 0) is 6.61 Å². The van der Waals surface area contributed by atoms with Crippen molar-refractivity contribution >= 4 is 11.6 Å². The Morgan fingerprint density at radius 2 is 1.59 bits per heavy atom. The van der Waals surface area contributed by atoms with Crippen LogP contribution in [0.4, 0.5) is 5.69 Å². The van der Waals surface area contributed by atoms with E-state index in [-0.39, 0.29) is 12.5 Å². The Morgan fingerprint density at radius 1 is 0.844 bits per heavy atom. The molecule has 1 N–H and O–H groups in total. The van der Waals surface area contributed by atoms with Crippen molar-refractivity contribution < 1.29 is 23.7 Å². The zero-order chi connectivity index (χ0) is 23.1. The molecule has 0 saturated carbocycles. The minimum Gasteiger partial charge on any atom is -0.497 e. The first-order chi connectivity index (χ1) is 15.5. The van der Waals surface area contributed by atoms with Gasteiger partial charge in [0.1, 0.15) is 29.6 Å². The molecule has 0 saturated heterocycles. The van der Waals surface area contributed by atoms with Gasteiger partial charge >= 0.3 is 0 Å². The Hall–Kier alpha value is -3.67. The number of anilines is 1. The van der Waals surface area contributed by atoms with Gasteiger partial charge in [0.25, 0.3) is 5.91 Å². The van der Waals surface area contributed by atoms with Gasteiger partial charge in [0.15, 0.2) is 0 Å². The second-order valence-electron chi connectivity index (χ2n) is 7.53. The third-order valence-corrected chi connectivity index (χ3v) is 5.12. The average molecular weight is 436 g/mol. The number of rotatable bonds is 9. The number of benzene rings is 3. The molecule has 0 aliphatic carbocycles. The van der Waals surface area contributed by atoms with Crippen LogP contribution in [0.1, 0.15) is 41.3 Å². The lowest BCUT2D eigenvalue weighted by atomic mass is 10.0. The quantitative estimate of drug-likeness (QED) is 0.469. The molecule has 0 atom stereocenters. The molecular formula is C26H29NO5. The summed E-state index contributed by atoms with van der Waals surface area (Å²) in [7, 11) is 4.72. The second-order valence-corrected chi connectivity index (χ2v) is 7.53. The van der Waals surface area contributed by atoms with E-state index in [1.165, 1.54) is 0 Å². The van der Waals surface area contributed by atoms with Crippen LogP contribution in [0.25, 0.3) is 0 Å². The molecule has 6 nitrogen and oxygen atoms in total. The molecule has 0 aliphatic rings. The van der Waals surface area contributed by atoms with Crippen LogP contribution in [0.2, 0.25) is 0 Å². The molecule has 3 rings (SSSR count). The largest absolute Gasteiger partial charge is 0.497 e. The molecular weight excluding hydrogens is 406 g/mol. The topological polar surface area (TPSA) is 66.0 Å². The van der Waals surface area contributed by atoms with Crippen LogP contribution in [-0.4, -0.2) is 27.2 Å². The van der Waals surface area contributed by atoms with Crippen molar-refractivity contribution in [2.75, 3.05) is 26.6 Å². The third kappa shape index (κ3) is 5.32. The maximum absolute atomic E-state index is 12.9. The molecule has 0 fully saturated rings. The number of hydrogen-bond donors (Lipinski definition) is 1. The summed E-state index contributed by atoms with van der Waals surface area (Å²) in [5, 5.41) is 2.89. The molecule has 3 aromatic carbocycles. The zero-order valence-electron chi connectivity index (χ0n) is 19.1. The molecule has 0 bridgehead atoms. The summed E-state index contributed by atoms with van der Waals surface area (Å²) in [6.45, 7) is 4.53. The van der Waals surface area contributed by atoms with Gasteiger partial charge in [-0.15, -0.1) is 0 Å². The number of amides is 1. The van der Waals surface area contributed by atoms with E-state index in [0.29, 0.717) is 34.4 Å². The summed E-state index contributed by atoms with van der Waals surface area (Å²) < 4.78 is 22.2. The SMILES string of the molecule is COc1ccc(NC(=O)c2ccc(OC)c(COc3ccccc3C(C)C)c2)c(OC)c1. The summed E-state index contributed by atoms with van der Waals surface area (Å²) in [5.41, 5.74) is 2.95. The molecule has 0 aromatic heterocycles. The van der Waals surface area contributed by atoms with Gasteiger partial charge in [-0.3, -0.25) is 4.79 Å². The van der Waals surface area contributed by atoms with Crippen LogP contribution >= 0.6 is 0 Å². The Kier molecular flexibility index (Phi) is 7.60. The number of para-hydroxylation sites is 1. The molecule has 32 heavy (non-hydrogen) atoms. The van der Waals surface area contributed by atoms with E-state index in [1.807, 2.05) is 18.2 Å². The Bertz CT molecular complexity index is 1080. The molecule has 3 aromatic rings. The van der Waals surface area contributed by atoms with Crippen molar-refractivity contribution in [1.29, 1.82) is 0 Å². The monoisotopic (exact) mass is 435 g/mol. The lowest BCUT2D eigenvalue weighted by Crippen LogP contribution is -2.13. The van der Waals surface area contributed by atoms with E-state index in [9.17, 15) is 4.79 Å². The molecule has 6 heteroatoms. The second kappa shape index (κ2) is 10.6. The number of methoxy groups -OCH3 is 3. The van der Waals surface area contributed by atoms with Crippen molar-refractivity contribution in [1.82, 2.24) is 0 Å². The Labute approximate surface area is 189 Å². The Balaban J connectivity index is 1.81. The first-order valence-corrected chi connectivity index (χ1v) is 10.4. The fraction of sp³-hybridized carbons (Fsp3) is 0.269. The summed E-state index contributed by atoms with van der Waals surface area (Å²) in [6, 6.07) is 18.5. The molecule has 168 valence electrons. The van der Waals surface area contributed by atoms with Crippen LogP contribution in [0.3, 0.4) is 0 Å². The van der Waals surface area contributed by atoms with Gasteiger partial charge in [-0.2, -0.15) is 0 Å². The summed E-state index contributed by atoms with van der Waals surface area (Å²) in [5.74, 6) is 2.71. The van der Waals surface area contributed by atoms with Crippen molar-refractivity contribution in [2.45, 2.75) is 26.4 Å². The lowest BCUT2D eigenvalue weighted by molar-refractivity contribution is 0.102. The number of carbonyl (C=O) groups excluding carboxylic acids is 1. The predicted octanol–water partition coefficient (Wildman–Crippen LogP) is 5.67. The highest BCUT2D eigenvalue weighted by atomic mass is 16.5. The maximum atomic E-state index is 12.9. The van der Waals surface area contributed by atoms with Gasteiger partial charge in [0.05, 0.1) is 27.0 Å². The highest BCUT2D eigenvalue weighted by Crippen LogP contribution is 2.31. The standard InChI is InChI=1S/C26H29NO5/c1-17(2)21-8-6-7-9-24(21)32-16-19-14-18(10-13-23(19)30-4)26(28)27-22-12-11-20(29-3)15-25(22)31-5/h6-15,17H,16H2,1-5H3,(H,27,28). The lowest BCUT2D eigenvalue weighted by Gasteiger charge is -2.16. The zero-order valence-corrected chi connectivity index (χ0v) is 19.1. The van der Waals surface area contributed by atoms with Gasteiger partial charge in [0, 0.05) is 17.2 Å². The van der Waals surface area contributed by atoms with Gasteiger partial charge < -0.3 is 24.3 Å². The molecule has 0 radical (unpaired) electrons. The van der Waals surface area contributed by atoms with E-state index in [4.69, 9.17) is 18.9 Å². The summed E-state index contributed by atoms with van der Waals surface area (Å²) >= 11 is 0. The molecule has 1 amide bonds. The average Bonchev–Trinajstić information content (AvgIpc) is 2.82. The number of ether oxygens (including phenoxy) is 4. The van der Waals surface area contributed by atoms with Crippen molar-refractivity contribution in [3.05, 3.63) is 77.4 Å². The van der Waals surface area contributed by atoms with E-state index in [1.54, 1.807) is 57.7 Å². The van der Waals surface area contributed by atoms with Gasteiger partial charge in [0.2, 0.25) is 0 Å². The minimum atomic E-state index is -0.264. The summed E-state index contributed by atoms with van der Waals surface area (Å²) in [4.78, 5) is 12.9. The molecule has 0 unspecified atom stereocenters. The third-order valence-electron chi connectivity index (χ3n) is 5.12. The number of hydrogen-bond acceptors (Lipinski definition) is 5.